The molecule has 25 heavy (non-hydrogen) atoms. The zero-order chi connectivity index (χ0) is 18.0. The molecular weight excluding hydrogens is 342 g/mol. The number of amides is 2. The van der Waals surface area contributed by atoms with Crippen LogP contribution >= 0.6 is 11.8 Å². The smallest absolute Gasteiger partial charge is 0.336 e. The Labute approximate surface area is 148 Å². The first-order valence-electron chi connectivity index (χ1n) is 7.51. The van der Waals surface area contributed by atoms with Crippen LogP contribution in [0.3, 0.4) is 0 Å². The molecule has 0 bridgehead atoms. The molecule has 0 aromatic heterocycles. The van der Waals surface area contributed by atoms with Crippen LogP contribution in [-0.4, -0.2) is 35.2 Å². The van der Waals surface area contributed by atoms with Gasteiger partial charge in [-0.05, 0) is 24.3 Å². The molecule has 0 aliphatic carbocycles. The van der Waals surface area contributed by atoms with Gasteiger partial charge in [-0.3, -0.25) is 9.59 Å². The lowest BCUT2D eigenvalue weighted by atomic mass is 10.2. The van der Waals surface area contributed by atoms with Crippen molar-refractivity contribution in [2.75, 3.05) is 12.0 Å². The summed E-state index contributed by atoms with van der Waals surface area (Å²) >= 11 is 1.10. The Morgan fingerprint density at radius 2 is 1.96 bits per heavy atom. The van der Waals surface area contributed by atoms with Crippen molar-refractivity contribution in [2.45, 2.75) is 16.6 Å². The van der Waals surface area contributed by atoms with E-state index in [9.17, 15) is 19.5 Å². The molecule has 1 aliphatic heterocycles. The number of anilines is 1. The normalized spacial score (nSPS) is 17.0. The standard InChI is InChI=1S/C18H15NO5S/c1-24-12-6-4-5-11(9-12)19-16(20)10-15(17(19)21)25-14-8-3-2-7-13(14)18(22)23/h2-9,15H,10H2,1H3,(H,22,23)/t15-/m1/s1. The highest BCUT2D eigenvalue weighted by Crippen LogP contribution is 2.36. The second-order valence-corrected chi connectivity index (χ2v) is 6.63. The molecule has 0 unspecified atom stereocenters. The van der Waals surface area contributed by atoms with E-state index in [4.69, 9.17) is 4.74 Å². The maximum absolute atomic E-state index is 12.7. The Morgan fingerprint density at radius 3 is 2.68 bits per heavy atom. The molecule has 7 heteroatoms. The predicted molar refractivity (Wildman–Crippen MR) is 93.2 cm³/mol. The molecular formula is C18H15NO5S. The van der Waals surface area contributed by atoms with E-state index < -0.39 is 11.2 Å². The third-order valence-electron chi connectivity index (χ3n) is 3.80. The van der Waals surface area contributed by atoms with Crippen LogP contribution in [0.25, 0.3) is 0 Å². The Balaban J connectivity index is 1.86. The number of ether oxygens (including phenoxy) is 1. The van der Waals surface area contributed by atoms with Gasteiger partial charge < -0.3 is 9.84 Å². The Morgan fingerprint density at radius 1 is 1.20 bits per heavy atom. The molecule has 2 aromatic carbocycles. The number of hydrogen-bond acceptors (Lipinski definition) is 5. The van der Waals surface area contributed by atoms with E-state index in [1.165, 1.54) is 13.2 Å². The number of carbonyl (C=O) groups is 3. The minimum atomic E-state index is -1.07. The second-order valence-electron chi connectivity index (χ2n) is 5.38. The zero-order valence-electron chi connectivity index (χ0n) is 13.3. The molecule has 6 nitrogen and oxygen atoms in total. The molecule has 1 heterocycles. The van der Waals surface area contributed by atoms with Crippen LogP contribution < -0.4 is 9.64 Å². The number of carboxylic acids is 1. The number of thioether (sulfide) groups is 1. The molecule has 1 N–H and O–H groups in total. The molecule has 1 fully saturated rings. The van der Waals surface area contributed by atoms with E-state index in [2.05, 4.69) is 0 Å². The molecule has 1 atom stereocenters. The maximum atomic E-state index is 12.7. The summed E-state index contributed by atoms with van der Waals surface area (Å²) in [5.74, 6) is -1.19. The van der Waals surface area contributed by atoms with Gasteiger partial charge in [0.05, 0.1) is 23.6 Å². The van der Waals surface area contributed by atoms with Crippen LogP contribution in [0.2, 0.25) is 0 Å². The molecule has 1 aliphatic rings. The summed E-state index contributed by atoms with van der Waals surface area (Å²) in [4.78, 5) is 37.9. The van der Waals surface area contributed by atoms with Crippen molar-refractivity contribution in [3.05, 3.63) is 54.1 Å². The number of aromatic carboxylic acids is 1. The third-order valence-corrected chi connectivity index (χ3v) is 5.07. The molecule has 3 rings (SSSR count). The van der Waals surface area contributed by atoms with Crippen molar-refractivity contribution in [3.8, 4) is 5.75 Å². The van der Waals surface area contributed by atoms with Gasteiger partial charge in [-0.2, -0.15) is 0 Å². The van der Waals surface area contributed by atoms with Crippen molar-refractivity contribution in [3.63, 3.8) is 0 Å². The lowest BCUT2D eigenvalue weighted by molar-refractivity contribution is -0.121. The van der Waals surface area contributed by atoms with Crippen LogP contribution in [0.15, 0.2) is 53.4 Å². The van der Waals surface area contributed by atoms with E-state index in [1.54, 1.807) is 42.5 Å². The summed E-state index contributed by atoms with van der Waals surface area (Å²) in [6.07, 6.45) is 0.0225. The van der Waals surface area contributed by atoms with Crippen molar-refractivity contribution in [2.24, 2.45) is 0 Å². The molecule has 0 radical (unpaired) electrons. The summed E-state index contributed by atoms with van der Waals surface area (Å²) in [6.45, 7) is 0. The Kier molecular flexibility index (Phi) is 4.76. The molecule has 1 saturated heterocycles. The maximum Gasteiger partial charge on any atom is 0.336 e. The van der Waals surface area contributed by atoms with E-state index in [0.717, 1.165) is 16.7 Å². The first-order chi connectivity index (χ1) is 12.0. The number of carbonyl (C=O) groups excluding carboxylic acids is 2. The summed E-state index contributed by atoms with van der Waals surface area (Å²) in [5, 5.41) is 8.60. The van der Waals surface area contributed by atoms with Crippen LogP contribution in [0.5, 0.6) is 5.75 Å². The molecule has 0 spiro atoms. The fourth-order valence-electron chi connectivity index (χ4n) is 2.62. The SMILES string of the molecule is COc1cccc(N2C(=O)C[C@@H](Sc3ccccc3C(=O)O)C2=O)c1. The van der Waals surface area contributed by atoms with Gasteiger partial charge in [0.25, 0.3) is 0 Å². The number of imide groups is 1. The zero-order valence-corrected chi connectivity index (χ0v) is 14.2. The largest absolute Gasteiger partial charge is 0.497 e. The Bertz CT molecular complexity index is 851. The van der Waals surface area contributed by atoms with E-state index in [1.807, 2.05) is 0 Å². The molecule has 0 saturated carbocycles. The van der Waals surface area contributed by atoms with Gasteiger partial charge in [0, 0.05) is 17.4 Å². The summed E-state index contributed by atoms with van der Waals surface area (Å²) < 4.78 is 5.13. The van der Waals surface area contributed by atoms with Crippen LogP contribution in [0.1, 0.15) is 16.8 Å². The Hall–Kier alpha value is -2.80. The highest BCUT2D eigenvalue weighted by molar-refractivity contribution is 8.00. The van der Waals surface area contributed by atoms with Crippen LogP contribution in [-0.2, 0) is 9.59 Å². The fraction of sp³-hybridized carbons (Fsp3) is 0.167. The van der Waals surface area contributed by atoms with Crippen molar-refractivity contribution < 1.29 is 24.2 Å². The average molecular weight is 357 g/mol. The minimum absolute atomic E-state index is 0.0225. The van der Waals surface area contributed by atoms with Gasteiger partial charge in [-0.1, -0.05) is 18.2 Å². The fourth-order valence-corrected chi connectivity index (χ4v) is 3.79. The topological polar surface area (TPSA) is 83.9 Å². The number of carboxylic acid groups (broad SMARTS) is 1. The first-order valence-corrected chi connectivity index (χ1v) is 8.39. The highest BCUT2D eigenvalue weighted by atomic mass is 32.2. The molecule has 2 aromatic rings. The van der Waals surface area contributed by atoms with E-state index in [0.29, 0.717) is 16.3 Å². The minimum Gasteiger partial charge on any atom is -0.497 e. The molecule has 2 amide bonds. The van der Waals surface area contributed by atoms with Gasteiger partial charge in [-0.15, -0.1) is 11.8 Å². The predicted octanol–water partition coefficient (Wildman–Crippen LogP) is 2.82. The van der Waals surface area contributed by atoms with Crippen molar-refractivity contribution in [1.82, 2.24) is 0 Å². The highest BCUT2D eigenvalue weighted by Gasteiger charge is 2.40. The van der Waals surface area contributed by atoms with Crippen molar-refractivity contribution >= 4 is 35.2 Å². The van der Waals surface area contributed by atoms with Gasteiger partial charge in [-0.25, -0.2) is 9.69 Å². The van der Waals surface area contributed by atoms with Gasteiger partial charge in [0.2, 0.25) is 11.8 Å². The number of hydrogen-bond donors (Lipinski definition) is 1. The average Bonchev–Trinajstić information content (AvgIpc) is 2.89. The summed E-state index contributed by atoms with van der Waals surface area (Å²) in [6, 6.07) is 13.2. The first kappa shape index (κ1) is 17.0. The van der Waals surface area contributed by atoms with E-state index in [-0.39, 0.29) is 23.8 Å². The van der Waals surface area contributed by atoms with Gasteiger partial charge >= 0.3 is 5.97 Å². The van der Waals surface area contributed by atoms with Crippen LogP contribution in [0, 0.1) is 0 Å². The van der Waals surface area contributed by atoms with Crippen LogP contribution in [0.4, 0.5) is 5.69 Å². The van der Waals surface area contributed by atoms with Gasteiger partial charge in [0.1, 0.15) is 5.75 Å². The van der Waals surface area contributed by atoms with E-state index >= 15 is 0 Å². The third kappa shape index (κ3) is 3.36. The lowest BCUT2D eigenvalue weighted by Crippen LogP contribution is -2.31. The summed E-state index contributed by atoms with van der Waals surface area (Å²) in [5.41, 5.74) is 0.566. The molecule has 128 valence electrons. The summed E-state index contributed by atoms with van der Waals surface area (Å²) in [7, 11) is 1.51. The monoisotopic (exact) mass is 357 g/mol. The number of benzene rings is 2. The number of methoxy groups -OCH3 is 1. The number of nitrogens with zero attached hydrogens (tertiary/aromatic N) is 1. The second kappa shape index (κ2) is 6.98. The number of rotatable bonds is 5. The quantitative estimate of drug-likeness (QED) is 0.829. The van der Waals surface area contributed by atoms with Gasteiger partial charge in [0.15, 0.2) is 0 Å². The van der Waals surface area contributed by atoms with Crippen molar-refractivity contribution in [1.29, 1.82) is 0 Å². The lowest BCUT2D eigenvalue weighted by Gasteiger charge is -2.16.